The monoisotopic (exact) mass is 281 g/mol. The van der Waals surface area contributed by atoms with Crippen LogP contribution in [-0.4, -0.2) is 9.97 Å². The van der Waals surface area contributed by atoms with Crippen LogP contribution in [-0.2, 0) is 6.42 Å². The predicted molar refractivity (Wildman–Crippen MR) is 75.8 cm³/mol. The third-order valence-corrected chi connectivity index (χ3v) is 3.04. The zero-order valence-electron chi connectivity index (χ0n) is 9.95. The maximum atomic E-state index is 6.09. The van der Waals surface area contributed by atoms with Crippen molar-refractivity contribution in [1.29, 1.82) is 0 Å². The maximum absolute atomic E-state index is 6.09. The molecule has 0 spiro atoms. The molecular formula is C13H13Cl2N3. The molecule has 0 aliphatic rings. The Hall–Kier alpha value is -1.32. The lowest BCUT2D eigenvalue weighted by Crippen LogP contribution is -2.01. The van der Waals surface area contributed by atoms with Crippen molar-refractivity contribution in [3.8, 4) is 0 Å². The molecular weight excluding hydrogens is 269 g/mol. The first kappa shape index (κ1) is 13.1. The Kier molecular flexibility index (Phi) is 4.39. The number of hydrogen-bond acceptors (Lipinski definition) is 3. The van der Waals surface area contributed by atoms with Crippen LogP contribution in [0.4, 0.5) is 11.5 Å². The highest BCUT2D eigenvalue weighted by atomic mass is 35.5. The number of aromatic nitrogens is 2. The lowest BCUT2D eigenvalue weighted by Gasteiger charge is -2.11. The van der Waals surface area contributed by atoms with Gasteiger partial charge in [-0.3, -0.25) is 0 Å². The normalized spacial score (nSPS) is 10.4. The van der Waals surface area contributed by atoms with Gasteiger partial charge in [0, 0.05) is 16.3 Å². The van der Waals surface area contributed by atoms with Gasteiger partial charge in [-0.05, 0) is 24.6 Å². The van der Waals surface area contributed by atoms with E-state index >= 15 is 0 Å². The number of benzene rings is 1. The van der Waals surface area contributed by atoms with Crippen LogP contribution in [0.5, 0.6) is 0 Å². The molecule has 3 nitrogen and oxygen atoms in total. The van der Waals surface area contributed by atoms with Gasteiger partial charge in [0.25, 0.3) is 0 Å². The highest BCUT2D eigenvalue weighted by Gasteiger charge is 2.09. The van der Waals surface area contributed by atoms with Crippen molar-refractivity contribution in [3.63, 3.8) is 0 Å². The van der Waals surface area contributed by atoms with Crippen LogP contribution in [0.25, 0.3) is 0 Å². The third kappa shape index (κ3) is 3.12. The second kappa shape index (κ2) is 6.03. The van der Waals surface area contributed by atoms with Gasteiger partial charge in [-0.1, -0.05) is 42.6 Å². The van der Waals surface area contributed by atoms with Crippen molar-refractivity contribution in [2.45, 2.75) is 19.8 Å². The van der Waals surface area contributed by atoms with E-state index in [0.717, 1.165) is 29.9 Å². The fourth-order valence-electron chi connectivity index (χ4n) is 1.67. The Morgan fingerprint density at radius 2 is 2.06 bits per heavy atom. The van der Waals surface area contributed by atoms with E-state index in [1.54, 1.807) is 0 Å². The molecule has 0 aliphatic heterocycles. The molecule has 0 aliphatic carbocycles. The minimum Gasteiger partial charge on any atom is -0.340 e. The summed E-state index contributed by atoms with van der Waals surface area (Å²) >= 11 is 12.0. The standard InChI is InChI=1S/C13H13Cl2N3/c1-2-4-11-12(15)16-8-17-13(11)18-10-6-3-5-9(14)7-10/h3,5-8H,2,4H2,1H3,(H,16,17,18). The van der Waals surface area contributed by atoms with Crippen LogP contribution in [0, 0.1) is 0 Å². The van der Waals surface area contributed by atoms with Crippen molar-refractivity contribution in [1.82, 2.24) is 9.97 Å². The van der Waals surface area contributed by atoms with E-state index in [1.807, 2.05) is 24.3 Å². The van der Waals surface area contributed by atoms with E-state index in [9.17, 15) is 0 Å². The summed E-state index contributed by atoms with van der Waals surface area (Å²) in [6.45, 7) is 2.09. The first-order chi connectivity index (χ1) is 8.70. The molecule has 0 bridgehead atoms. The van der Waals surface area contributed by atoms with Crippen LogP contribution in [0.3, 0.4) is 0 Å². The molecule has 94 valence electrons. The first-order valence-electron chi connectivity index (χ1n) is 5.72. The summed E-state index contributed by atoms with van der Waals surface area (Å²) < 4.78 is 0. The maximum Gasteiger partial charge on any atom is 0.138 e. The fourth-order valence-corrected chi connectivity index (χ4v) is 2.09. The number of hydrogen-bond donors (Lipinski definition) is 1. The highest BCUT2D eigenvalue weighted by Crippen LogP contribution is 2.25. The minimum absolute atomic E-state index is 0.497. The SMILES string of the molecule is CCCc1c(Cl)ncnc1Nc1cccc(Cl)c1. The van der Waals surface area contributed by atoms with Gasteiger partial charge in [0.2, 0.25) is 0 Å². The van der Waals surface area contributed by atoms with E-state index in [4.69, 9.17) is 23.2 Å². The second-order valence-electron chi connectivity index (χ2n) is 3.88. The topological polar surface area (TPSA) is 37.8 Å². The average Bonchev–Trinajstić information content (AvgIpc) is 2.34. The molecule has 2 aromatic rings. The smallest absolute Gasteiger partial charge is 0.138 e. The van der Waals surface area contributed by atoms with Crippen molar-refractivity contribution < 1.29 is 0 Å². The molecule has 18 heavy (non-hydrogen) atoms. The molecule has 1 aromatic heterocycles. The van der Waals surface area contributed by atoms with Gasteiger partial charge >= 0.3 is 0 Å². The summed E-state index contributed by atoms with van der Waals surface area (Å²) in [5.41, 5.74) is 1.82. The fraction of sp³-hybridized carbons (Fsp3) is 0.231. The molecule has 2 rings (SSSR count). The van der Waals surface area contributed by atoms with E-state index < -0.39 is 0 Å². The molecule has 0 saturated carbocycles. The van der Waals surface area contributed by atoms with E-state index in [0.29, 0.717) is 10.2 Å². The molecule has 0 saturated heterocycles. The number of nitrogens with zero attached hydrogens (tertiary/aromatic N) is 2. The van der Waals surface area contributed by atoms with Crippen molar-refractivity contribution >= 4 is 34.7 Å². The van der Waals surface area contributed by atoms with Crippen LogP contribution in [0.1, 0.15) is 18.9 Å². The van der Waals surface area contributed by atoms with Crippen LogP contribution < -0.4 is 5.32 Å². The minimum atomic E-state index is 0.497. The molecule has 0 atom stereocenters. The van der Waals surface area contributed by atoms with Gasteiger partial charge in [0.1, 0.15) is 17.3 Å². The van der Waals surface area contributed by atoms with Crippen LogP contribution in [0.2, 0.25) is 10.2 Å². The van der Waals surface area contributed by atoms with E-state index in [2.05, 4.69) is 22.2 Å². The number of rotatable bonds is 4. The summed E-state index contributed by atoms with van der Waals surface area (Å²) in [6.07, 6.45) is 3.27. The number of halogens is 2. The second-order valence-corrected chi connectivity index (χ2v) is 4.67. The average molecular weight is 282 g/mol. The third-order valence-electron chi connectivity index (χ3n) is 2.48. The Morgan fingerprint density at radius 1 is 1.22 bits per heavy atom. The Labute approximate surface area is 116 Å². The summed E-state index contributed by atoms with van der Waals surface area (Å²) in [5, 5.41) is 4.39. The lowest BCUT2D eigenvalue weighted by molar-refractivity contribution is 0.904. The zero-order chi connectivity index (χ0) is 13.0. The van der Waals surface area contributed by atoms with E-state index in [-0.39, 0.29) is 0 Å². The first-order valence-corrected chi connectivity index (χ1v) is 6.48. The largest absolute Gasteiger partial charge is 0.340 e. The lowest BCUT2D eigenvalue weighted by atomic mass is 10.2. The zero-order valence-corrected chi connectivity index (χ0v) is 11.5. The molecule has 0 amide bonds. The number of nitrogens with one attached hydrogen (secondary N) is 1. The summed E-state index contributed by atoms with van der Waals surface area (Å²) in [5.74, 6) is 0.735. The van der Waals surface area contributed by atoms with Gasteiger partial charge in [-0.2, -0.15) is 0 Å². The van der Waals surface area contributed by atoms with Crippen molar-refractivity contribution in [3.05, 3.63) is 46.3 Å². The van der Waals surface area contributed by atoms with E-state index in [1.165, 1.54) is 6.33 Å². The summed E-state index contributed by atoms with van der Waals surface area (Å²) in [6, 6.07) is 7.48. The molecule has 5 heteroatoms. The highest BCUT2D eigenvalue weighted by molar-refractivity contribution is 6.31. The van der Waals surface area contributed by atoms with Gasteiger partial charge in [-0.25, -0.2) is 9.97 Å². The Morgan fingerprint density at radius 3 is 2.78 bits per heavy atom. The quantitative estimate of drug-likeness (QED) is 0.840. The van der Waals surface area contributed by atoms with Gasteiger partial charge < -0.3 is 5.32 Å². The molecule has 0 fully saturated rings. The van der Waals surface area contributed by atoms with Crippen LogP contribution in [0.15, 0.2) is 30.6 Å². The molecule has 0 radical (unpaired) electrons. The van der Waals surface area contributed by atoms with Crippen molar-refractivity contribution in [2.24, 2.45) is 0 Å². The summed E-state index contributed by atoms with van der Waals surface area (Å²) in [4.78, 5) is 8.24. The molecule has 1 heterocycles. The van der Waals surface area contributed by atoms with Crippen LogP contribution >= 0.6 is 23.2 Å². The molecule has 1 aromatic carbocycles. The van der Waals surface area contributed by atoms with Gasteiger partial charge in [0.05, 0.1) is 0 Å². The molecule has 1 N–H and O–H groups in total. The molecule has 0 unspecified atom stereocenters. The van der Waals surface area contributed by atoms with Crippen molar-refractivity contribution in [2.75, 3.05) is 5.32 Å². The predicted octanol–water partition coefficient (Wildman–Crippen LogP) is 4.48. The van der Waals surface area contributed by atoms with Gasteiger partial charge in [-0.15, -0.1) is 0 Å². The van der Waals surface area contributed by atoms with Gasteiger partial charge in [0.15, 0.2) is 0 Å². The Balaban J connectivity index is 2.31. The number of anilines is 2. The summed E-state index contributed by atoms with van der Waals surface area (Å²) in [7, 11) is 0. The Bertz CT molecular complexity index is 544.